The molecule has 2 heteroatoms. The SMILES string of the molecule is C=C(C=C(C)C(=CC)CCN)OC. The van der Waals surface area contributed by atoms with Gasteiger partial charge in [-0.15, -0.1) is 0 Å². The van der Waals surface area contributed by atoms with Gasteiger partial charge in [-0.05, 0) is 44.0 Å². The van der Waals surface area contributed by atoms with Gasteiger partial charge in [-0.2, -0.15) is 0 Å². The van der Waals surface area contributed by atoms with Gasteiger partial charge in [0.25, 0.3) is 0 Å². The average molecular weight is 181 g/mol. The first kappa shape index (κ1) is 12.0. The molecule has 0 heterocycles. The summed E-state index contributed by atoms with van der Waals surface area (Å²) in [5, 5.41) is 0. The van der Waals surface area contributed by atoms with Crippen LogP contribution in [0.2, 0.25) is 0 Å². The molecule has 0 atom stereocenters. The van der Waals surface area contributed by atoms with Crippen LogP contribution in [0.3, 0.4) is 0 Å². The van der Waals surface area contributed by atoms with E-state index in [1.54, 1.807) is 7.11 Å². The number of methoxy groups -OCH3 is 1. The normalized spacial score (nSPS) is 12.9. The highest BCUT2D eigenvalue weighted by Crippen LogP contribution is 2.14. The Hall–Kier alpha value is -1.02. The fraction of sp³-hybridized carbons (Fsp3) is 0.455. The van der Waals surface area contributed by atoms with Gasteiger partial charge in [-0.1, -0.05) is 12.7 Å². The van der Waals surface area contributed by atoms with Crippen molar-refractivity contribution in [2.24, 2.45) is 5.73 Å². The Morgan fingerprint density at radius 2 is 2.15 bits per heavy atom. The summed E-state index contributed by atoms with van der Waals surface area (Å²) in [7, 11) is 1.62. The number of rotatable bonds is 5. The molecule has 0 unspecified atom stereocenters. The molecule has 0 amide bonds. The fourth-order valence-electron chi connectivity index (χ4n) is 1.12. The van der Waals surface area contributed by atoms with E-state index >= 15 is 0 Å². The zero-order valence-electron chi connectivity index (χ0n) is 8.76. The number of allylic oxidation sites excluding steroid dienone is 3. The van der Waals surface area contributed by atoms with Crippen molar-refractivity contribution in [1.29, 1.82) is 0 Å². The molecule has 0 aromatic heterocycles. The molecular weight excluding hydrogens is 162 g/mol. The van der Waals surface area contributed by atoms with Crippen LogP contribution in [-0.4, -0.2) is 13.7 Å². The lowest BCUT2D eigenvalue weighted by molar-refractivity contribution is 0.308. The van der Waals surface area contributed by atoms with E-state index in [4.69, 9.17) is 10.5 Å². The summed E-state index contributed by atoms with van der Waals surface area (Å²) in [6.07, 6.45) is 4.89. The van der Waals surface area contributed by atoms with E-state index in [0.717, 1.165) is 6.42 Å². The van der Waals surface area contributed by atoms with Crippen molar-refractivity contribution in [1.82, 2.24) is 0 Å². The maximum absolute atomic E-state index is 5.48. The summed E-state index contributed by atoms with van der Waals surface area (Å²) in [6, 6.07) is 0. The highest BCUT2D eigenvalue weighted by molar-refractivity contribution is 5.32. The lowest BCUT2D eigenvalue weighted by atomic mass is 10.0. The second-order valence-electron chi connectivity index (χ2n) is 2.85. The maximum Gasteiger partial charge on any atom is 0.111 e. The minimum Gasteiger partial charge on any atom is -0.497 e. The largest absolute Gasteiger partial charge is 0.497 e. The summed E-state index contributed by atoms with van der Waals surface area (Å²) in [5.74, 6) is 0.675. The number of nitrogens with two attached hydrogens (primary N) is 1. The summed E-state index contributed by atoms with van der Waals surface area (Å²) < 4.78 is 4.96. The topological polar surface area (TPSA) is 35.2 Å². The van der Waals surface area contributed by atoms with Crippen LogP contribution < -0.4 is 5.73 Å². The van der Waals surface area contributed by atoms with Crippen LogP contribution in [0.25, 0.3) is 0 Å². The molecule has 0 saturated heterocycles. The second-order valence-corrected chi connectivity index (χ2v) is 2.85. The third-order valence-electron chi connectivity index (χ3n) is 1.91. The molecule has 13 heavy (non-hydrogen) atoms. The molecule has 0 bridgehead atoms. The van der Waals surface area contributed by atoms with Crippen LogP contribution in [-0.2, 0) is 4.74 Å². The summed E-state index contributed by atoms with van der Waals surface area (Å²) in [6.45, 7) is 8.45. The number of hydrogen-bond donors (Lipinski definition) is 1. The molecule has 74 valence electrons. The molecule has 0 aromatic rings. The lowest BCUT2D eigenvalue weighted by Gasteiger charge is -2.06. The van der Waals surface area contributed by atoms with Gasteiger partial charge in [-0.3, -0.25) is 0 Å². The molecule has 0 spiro atoms. The third-order valence-corrected chi connectivity index (χ3v) is 1.91. The van der Waals surface area contributed by atoms with Crippen molar-refractivity contribution in [2.45, 2.75) is 20.3 Å². The van der Waals surface area contributed by atoms with Crippen LogP contribution >= 0.6 is 0 Å². The fourth-order valence-corrected chi connectivity index (χ4v) is 1.12. The van der Waals surface area contributed by atoms with Crippen molar-refractivity contribution in [3.63, 3.8) is 0 Å². The van der Waals surface area contributed by atoms with Crippen LogP contribution in [0.1, 0.15) is 20.3 Å². The average Bonchev–Trinajstić information content (AvgIpc) is 2.13. The van der Waals surface area contributed by atoms with Crippen LogP contribution in [0.5, 0.6) is 0 Å². The Morgan fingerprint density at radius 1 is 1.54 bits per heavy atom. The molecule has 0 aromatic carbocycles. The van der Waals surface area contributed by atoms with E-state index in [-0.39, 0.29) is 0 Å². The molecule has 0 aliphatic rings. The summed E-state index contributed by atoms with van der Waals surface area (Å²) in [5.41, 5.74) is 7.90. The lowest BCUT2D eigenvalue weighted by Crippen LogP contribution is -2.01. The van der Waals surface area contributed by atoms with Gasteiger partial charge < -0.3 is 10.5 Å². The van der Waals surface area contributed by atoms with E-state index in [1.807, 2.05) is 19.9 Å². The predicted molar refractivity (Wildman–Crippen MR) is 57.3 cm³/mol. The first-order valence-corrected chi connectivity index (χ1v) is 4.42. The van der Waals surface area contributed by atoms with Crippen molar-refractivity contribution >= 4 is 0 Å². The van der Waals surface area contributed by atoms with Crippen molar-refractivity contribution in [3.8, 4) is 0 Å². The van der Waals surface area contributed by atoms with Gasteiger partial charge >= 0.3 is 0 Å². The first-order chi connectivity index (χ1) is 6.15. The van der Waals surface area contributed by atoms with Gasteiger partial charge in [-0.25, -0.2) is 0 Å². The molecule has 0 rings (SSSR count). The second kappa shape index (κ2) is 6.49. The van der Waals surface area contributed by atoms with Gasteiger partial charge in [0.1, 0.15) is 5.76 Å². The van der Waals surface area contributed by atoms with E-state index < -0.39 is 0 Å². The van der Waals surface area contributed by atoms with Crippen molar-refractivity contribution in [2.75, 3.05) is 13.7 Å². The van der Waals surface area contributed by atoms with Crippen LogP contribution in [0.15, 0.2) is 35.6 Å². The standard InChI is InChI=1S/C11H19NO/c1-5-11(6-7-12)9(2)8-10(3)13-4/h5,8H,3,6-7,12H2,1-2,4H3. The van der Waals surface area contributed by atoms with Gasteiger partial charge in [0.15, 0.2) is 0 Å². The monoisotopic (exact) mass is 181 g/mol. The minimum atomic E-state index is 0.671. The molecule has 0 fully saturated rings. The van der Waals surface area contributed by atoms with Gasteiger partial charge in [0.05, 0.1) is 7.11 Å². The Bertz CT molecular complexity index is 226. The molecule has 2 N–H and O–H groups in total. The molecule has 2 nitrogen and oxygen atoms in total. The van der Waals surface area contributed by atoms with E-state index in [0.29, 0.717) is 12.3 Å². The Morgan fingerprint density at radius 3 is 2.54 bits per heavy atom. The van der Waals surface area contributed by atoms with Crippen molar-refractivity contribution < 1.29 is 4.74 Å². The summed E-state index contributed by atoms with van der Waals surface area (Å²) in [4.78, 5) is 0. The quantitative estimate of drug-likeness (QED) is 0.522. The van der Waals surface area contributed by atoms with Crippen LogP contribution in [0.4, 0.5) is 0 Å². The zero-order valence-corrected chi connectivity index (χ0v) is 8.76. The molecule has 0 radical (unpaired) electrons. The third kappa shape index (κ3) is 4.53. The Labute approximate surface area is 80.8 Å². The predicted octanol–water partition coefficient (Wildman–Crippen LogP) is 2.39. The van der Waals surface area contributed by atoms with Crippen molar-refractivity contribution in [3.05, 3.63) is 35.6 Å². The van der Waals surface area contributed by atoms with Gasteiger partial charge in [0.2, 0.25) is 0 Å². The number of ether oxygens (including phenoxy) is 1. The first-order valence-electron chi connectivity index (χ1n) is 4.42. The molecular formula is C11H19NO. The highest BCUT2D eigenvalue weighted by Gasteiger charge is 1.98. The van der Waals surface area contributed by atoms with Gasteiger partial charge in [0, 0.05) is 0 Å². The van der Waals surface area contributed by atoms with E-state index in [1.165, 1.54) is 11.1 Å². The maximum atomic E-state index is 5.48. The Kier molecular flexibility index (Phi) is 5.98. The smallest absolute Gasteiger partial charge is 0.111 e. The summed E-state index contributed by atoms with van der Waals surface area (Å²) >= 11 is 0. The van der Waals surface area contributed by atoms with E-state index in [9.17, 15) is 0 Å². The minimum absolute atomic E-state index is 0.671. The van der Waals surface area contributed by atoms with Crippen LogP contribution in [0, 0.1) is 0 Å². The molecule has 0 aliphatic heterocycles. The molecule has 0 saturated carbocycles. The van der Waals surface area contributed by atoms with E-state index in [2.05, 4.69) is 12.7 Å². The zero-order chi connectivity index (χ0) is 10.3. The number of hydrogen-bond acceptors (Lipinski definition) is 2. The Balaban J connectivity index is 4.45. The molecule has 0 aliphatic carbocycles. The highest BCUT2D eigenvalue weighted by atomic mass is 16.5.